The van der Waals surface area contributed by atoms with Crippen LogP contribution in [0.15, 0.2) is 24.3 Å². The van der Waals surface area contributed by atoms with Crippen molar-refractivity contribution in [1.82, 2.24) is 5.32 Å². The Bertz CT molecular complexity index is 376. The second-order valence-corrected chi connectivity index (χ2v) is 5.07. The van der Waals surface area contributed by atoms with Gasteiger partial charge in [-0.15, -0.1) is 0 Å². The summed E-state index contributed by atoms with van der Waals surface area (Å²) >= 11 is 0. The Morgan fingerprint density at radius 1 is 1.41 bits per heavy atom. The van der Waals surface area contributed by atoms with Crippen molar-refractivity contribution in [2.45, 2.75) is 39.2 Å². The average molecular weight is 235 g/mol. The van der Waals surface area contributed by atoms with Gasteiger partial charge in [0.25, 0.3) is 0 Å². The van der Waals surface area contributed by atoms with Crippen LogP contribution >= 0.6 is 0 Å². The summed E-state index contributed by atoms with van der Waals surface area (Å²) in [5.74, 6) is -0.421. The Kier molecular flexibility index (Phi) is 3.82. The van der Waals surface area contributed by atoms with Crippen molar-refractivity contribution in [3.05, 3.63) is 35.4 Å². The third-order valence-electron chi connectivity index (χ3n) is 2.85. The smallest absolute Gasteiger partial charge is 0.163 e. The zero-order chi connectivity index (χ0) is 12.3. The molecular weight excluding hydrogens is 214 g/mol. The van der Waals surface area contributed by atoms with Crippen LogP contribution in [0.5, 0.6) is 0 Å². The normalized spacial score (nSPS) is 22.9. The second kappa shape index (κ2) is 5.17. The molecule has 1 unspecified atom stereocenters. The zero-order valence-corrected chi connectivity index (χ0v) is 10.8. The lowest BCUT2D eigenvalue weighted by atomic mass is 10.1. The van der Waals surface area contributed by atoms with Crippen LogP contribution in [0.4, 0.5) is 0 Å². The highest BCUT2D eigenvalue weighted by Crippen LogP contribution is 2.21. The van der Waals surface area contributed by atoms with Crippen LogP contribution in [0, 0.1) is 6.92 Å². The van der Waals surface area contributed by atoms with E-state index in [2.05, 4.69) is 36.5 Å². The number of rotatable bonds is 4. The van der Waals surface area contributed by atoms with E-state index in [4.69, 9.17) is 9.47 Å². The minimum atomic E-state index is -0.421. The van der Waals surface area contributed by atoms with Crippen LogP contribution in [-0.4, -0.2) is 25.0 Å². The third-order valence-corrected chi connectivity index (χ3v) is 2.85. The quantitative estimate of drug-likeness (QED) is 0.868. The highest BCUT2D eigenvalue weighted by Gasteiger charge is 2.32. The summed E-state index contributed by atoms with van der Waals surface area (Å²) in [5, 5.41) is 3.40. The van der Waals surface area contributed by atoms with Gasteiger partial charge in [0.2, 0.25) is 0 Å². The molecule has 0 saturated carbocycles. The molecule has 0 aromatic heterocycles. The van der Waals surface area contributed by atoms with E-state index in [9.17, 15) is 0 Å². The molecule has 0 aliphatic carbocycles. The van der Waals surface area contributed by atoms with Crippen molar-refractivity contribution in [2.24, 2.45) is 0 Å². The van der Waals surface area contributed by atoms with Crippen LogP contribution in [0.2, 0.25) is 0 Å². The van der Waals surface area contributed by atoms with Crippen molar-refractivity contribution >= 4 is 0 Å². The molecule has 1 aromatic carbocycles. The Morgan fingerprint density at radius 3 is 2.88 bits per heavy atom. The lowest BCUT2D eigenvalue weighted by Gasteiger charge is -2.17. The molecule has 1 atom stereocenters. The van der Waals surface area contributed by atoms with E-state index in [1.54, 1.807) is 0 Å². The van der Waals surface area contributed by atoms with Gasteiger partial charge in [-0.3, -0.25) is 0 Å². The molecule has 0 bridgehead atoms. The Morgan fingerprint density at radius 2 is 2.24 bits per heavy atom. The van der Waals surface area contributed by atoms with Crippen molar-refractivity contribution in [3.8, 4) is 0 Å². The van der Waals surface area contributed by atoms with E-state index in [0.29, 0.717) is 6.61 Å². The summed E-state index contributed by atoms with van der Waals surface area (Å²) in [6, 6.07) is 8.53. The average Bonchev–Trinajstić information content (AvgIpc) is 2.58. The SMILES string of the molecule is Cc1cccc(CNCC2COC(C)(C)O2)c1. The lowest BCUT2D eigenvalue weighted by molar-refractivity contribution is -0.137. The highest BCUT2D eigenvalue weighted by molar-refractivity contribution is 5.21. The zero-order valence-electron chi connectivity index (χ0n) is 10.8. The van der Waals surface area contributed by atoms with Gasteiger partial charge in [-0.2, -0.15) is 0 Å². The Balaban J connectivity index is 1.73. The Hall–Kier alpha value is -0.900. The summed E-state index contributed by atoms with van der Waals surface area (Å²) in [7, 11) is 0. The molecule has 3 heteroatoms. The molecule has 3 nitrogen and oxygen atoms in total. The fraction of sp³-hybridized carbons (Fsp3) is 0.571. The molecule has 1 aromatic rings. The number of aryl methyl sites for hydroxylation is 1. The first-order valence-corrected chi connectivity index (χ1v) is 6.13. The molecule has 94 valence electrons. The molecule has 17 heavy (non-hydrogen) atoms. The maximum Gasteiger partial charge on any atom is 0.163 e. The van der Waals surface area contributed by atoms with E-state index in [1.807, 2.05) is 13.8 Å². The van der Waals surface area contributed by atoms with Gasteiger partial charge < -0.3 is 14.8 Å². The standard InChI is InChI=1S/C14H21NO2/c1-11-5-4-6-12(7-11)8-15-9-13-10-16-14(2,3)17-13/h4-7,13,15H,8-10H2,1-3H3. The molecule has 1 N–H and O–H groups in total. The van der Waals surface area contributed by atoms with Crippen molar-refractivity contribution < 1.29 is 9.47 Å². The van der Waals surface area contributed by atoms with Gasteiger partial charge in [0.05, 0.1) is 12.7 Å². The van der Waals surface area contributed by atoms with Gasteiger partial charge in [-0.05, 0) is 26.3 Å². The van der Waals surface area contributed by atoms with Crippen LogP contribution in [0.25, 0.3) is 0 Å². The minimum absolute atomic E-state index is 0.162. The third kappa shape index (κ3) is 3.80. The van der Waals surface area contributed by atoms with Crippen molar-refractivity contribution in [1.29, 1.82) is 0 Å². The highest BCUT2D eigenvalue weighted by atomic mass is 16.7. The summed E-state index contributed by atoms with van der Waals surface area (Å²) in [6.45, 7) is 8.40. The maximum atomic E-state index is 5.73. The Labute approximate surface area is 103 Å². The van der Waals surface area contributed by atoms with E-state index < -0.39 is 5.79 Å². The van der Waals surface area contributed by atoms with Crippen molar-refractivity contribution in [3.63, 3.8) is 0 Å². The van der Waals surface area contributed by atoms with Crippen LogP contribution in [0.1, 0.15) is 25.0 Å². The number of nitrogens with one attached hydrogen (secondary N) is 1. The maximum absolute atomic E-state index is 5.73. The molecule has 1 fully saturated rings. The molecule has 0 amide bonds. The first-order chi connectivity index (χ1) is 8.05. The van der Waals surface area contributed by atoms with E-state index in [-0.39, 0.29) is 6.10 Å². The van der Waals surface area contributed by atoms with Gasteiger partial charge in [0, 0.05) is 13.1 Å². The second-order valence-electron chi connectivity index (χ2n) is 5.07. The van der Waals surface area contributed by atoms with Gasteiger partial charge in [0.15, 0.2) is 5.79 Å². The summed E-state index contributed by atoms with van der Waals surface area (Å²) in [6.07, 6.45) is 0.162. The predicted octanol–water partition coefficient (Wildman–Crippen LogP) is 2.24. The minimum Gasteiger partial charge on any atom is -0.348 e. The van der Waals surface area contributed by atoms with Gasteiger partial charge in [-0.1, -0.05) is 29.8 Å². The molecule has 1 aliphatic heterocycles. The first-order valence-electron chi connectivity index (χ1n) is 6.13. The largest absolute Gasteiger partial charge is 0.348 e. The fourth-order valence-corrected chi connectivity index (χ4v) is 2.06. The summed E-state index contributed by atoms with van der Waals surface area (Å²) in [5.41, 5.74) is 2.61. The van der Waals surface area contributed by atoms with Gasteiger partial charge in [0.1, 0.15) is 0 Å². The van der Waals surface area contributed by atoms with Crippen LogP contribution < -0.4 is 5.32 Å². The number of hydrogen-bond acceptors (Lipinski definition) is 3. The molecule has 1 saturated heterocycles. The molecule has 2 rings (SSSR count). The molecule has 0 spiro atoms. The fourth-order valence-electron chi connectivity index (χ4n) is 2.06. The van der Waals surface area contributed by atoms with E-state index >= 15 is 0 Å². The van der Waals surface area contributed by atoms with Gasteiger partial charge >= 0.3 is 0 Å². The topological polar surface area (TPSA) is 30.5 Å². The van der Waals surface area contributed by atoms with Crippen LogP contribution in [0.3, 0.4) is 0 Å². The number of ether oxygens (including phenoxy) is 2. The summed E-state index contributed by atoms with van der Waals surface area (Å²) in [4.78, 5) is 0. The number of benzene rings is 1. The first kappa shape index (κ1) is 12.6. The molecule has 1 aliphatic rings. The van der Waals surface area contributed by atoms with Gasteiger partial charge in [-0.25, -0.2) is 0 Å². The molecule has 0 radical (unpaired) electrons. The predicted molar refractivity (Wildman–Crippen MR) is 67.8 cm³/mol. The molecular formula is C14H21NO2. The summed E-state index contributed by atoms with van der Waals surface area (Å²) < 4.78 is 11.2. The van der Waals surface area contributed by atoms with Crippen LogP contribution in [-0.2, 0) is 16.0 Å². The van der Waals surface area contributed by atoms with E-state index in [1.165, 1.54) is 11.1 Å². The number of hydrogen-bond donors (Lipinski definition) is 1. The van der Waals surface area contributed by atoms with Crippen molar-refractivity contribution in [2.75, 3.05) is 13.2 Å². The lowest BCUT2D eigenvalue weighted by Crippen LogP contribution is -2.30. The van der Waals surface area contributed by atoms with E-state index in [0.717, 1.165) is 13.1 Å². The molecule has 1 heterocycles. The monoisotopic (exact) mass is 235 g/mol.